The molecule has 1 unspecified atom stereocenters. The van der Waals surface area contributed by atoms with Gasteiger partial charge in [-0.1, -0.05) is 23.2 Å². The third-order valence-corrected chi connectivity index (χ3v) is 2.83. The Hall–Kier alpha value is -0.910. The maximum atomic E-state index is 11.7. The number of halogens is 2. The van der Waals surface area contributed by atoms with Crippen LogP contribution >= 0.6 is 23.2 Å². The molecule has 0 amide bonds. The molecule has 0 saturated carbocycles. The Kier molecular flexibility index (Phi) is 4.15. The van der Waals surface area contributed by atoms with E-state index in [0.717, 1.165) is 12.8 Å². The highest BCUT2D eigenvalue weighted by Gasteiger charge is 2.20. The second-order valence-corrected chi connectivity index (χ2v) is 4.35. The highest BCUT2D eigenvalue weighted by atomic mass is 35.5. The summed E-state index contributed by atoms with van der Waals surface area (Å²) in [7, 11) is 0. The fourth-order valence-electron chi connectivity index (χ4n) is 1.52. The van der Waals surface area contributed by atoms with Gasteiger partial charge in [0.25, 0.3) is 0 Å². The zero-order valence-corrected chi connectivity index (χ0v) is 10.4. The van der Waals surface area contributed by atoms with E-state index in [4.69, 9.17) is 32.7 Å². The Balaban J connectivity index is 1.96. The van der Waals surface area contributed by atoms with Crippen molar-refractivity contribution >= 4 is 29.2 Å². The smallest absolute Gasteiger partial charge is 0.341 e. The fourth-order valence-corrected chi connectivity index (χ4v) is 1.83. The van der Waals surface area contributed by atoms with Crippen molar-refractivity contribution in [2.24, 2.45) is 0 Å². The van der Waals surface area contributed by atoms with Crippen LogP contribution in [0.5, 0.6) is 0 Å². The predicted octanol–water partition coefficient (Wildman–Crippen LogP) is 2.12. The Labute approximate surface area is 108 Å². The fraction of sp³-hybridized carbons (Fsp3) is 0.500. The van der Waals surface area contributed by atoms with Crippen molar-refractivity contribution in [1.29, 1.82) is 0 Å². The first-order chi connectivity index (χ1) is 8.16. The topological polar surface area (TPSA) is 61.3 Å². The summed E-state index contributed by atoms with van der Waals surface area (Å²) in [5.74, 6) is -0.567. The Morgan fingerprint density at radius 1 is 1.53 bits per heavy atom. The van der Waals surface area contributed by atoms with Crippen LogP contribution in [0, 0.1) is 0 Å². The molecule has 2 heterocycles. The summed E-state index contributed by atoms with van der Waals surface area (Å²) in [6, 6.07) is 1.33. The summed E-state index contributed by atoms with van der Waals surface area (Å²) in [4.78, 5) is 11.7. The maximum Gasteiger partial charge on any atom is 0.341 e. The van der Waals surface area contributed by atoms with Gasteiger partial charge < -0.3 is 9.47 Å². The van der Waals surface area contributed by atoms with Gasteiger partial charge >= 0.3 is 5.97 Å². The van der Waals surface area contributed by atoms with Crippen LogP contribution in [0.25, 0.3) is 0 Å². The van der Waals surface area contributed by atoms with Crippen molar-refractivity contribution < 1.29 is 14.3 Å². The number of esters is 1. The molecule has 1 aliphatic rings. The van der Waals surface area contributed by atoms with E-state index in [-0.39, 0.29) is 28.6 Å². The largest absolute Gasteiger partial charge is 0.459 e. The lowest BCUT2D eigenvalue weighted by atomic mass is 10.2. The van der Waals surface area contributed by atoms with Crippen LogP contribution in [0.15, 0.2) is 6.07 Å². The molecule has 1 atom stereocenters. The molecule has 5 nitrogen and oxygen atoms in total. The maximum absolute atomic E-state index is 11.7. The average molecular weight is 277 g/mol. The molecule has 1 fully saturated rings. The lowest BCUT2D eigenvalue weighted by Crippen LogP contribution is -2.18. The summed E-state index contributed by atoms with van der Waals surface area (Å²) < 4.78 is 10.4. The van der Waals surface area contributed by atoms with Gasteiger partial charge in [-0.25, -0.2) is 4.79 Å². The Morgan fingerprint density at radius 2 is 2.35 bits per heavy atom. The Bertz CT molecular complexity index is 422. The van der Waals surface area contributed by atoms with Crippen molar-refractivity contribution in [2.75, 3.05) is 13.2 Å². The zero-order valence-electron chi connectivity index (χ0n) is 8.86. The second-order valence-electron chi connectivity index (χ2n) is 3.61. The van der Waals surface area contributed by atoms with Crippen molar-refractivity contribution in [3.63, 3.8) is 0 Å². The number of rotatable bonds is 3. The van der Waals surface area contributed by atoms with E-state index in [1.165, 1.54) is 6.07 Å². The van der Waals surface area contributed by atoms with Crippen LogP contribution in [-0.2, 0) is 9.47 Å². The first kappa shape index (κ1) is 12.5. The monoisotopic (exact) mass is 276 g/mol. The molecule has 17 heavy (non-hydrogen) atoms. The summed E-state index contributed by atoms with van der Waals surface area (Å²) in [6.07, 6.45) is 1.87. The van der Waals surface area contributed by atoms with Crippen LogP contribution < -0.4 is 0 Å². The van der Waals surface area contributed by atoms with Crippen LogP contribution in [0.1, 0.15) is 23.2 Å². The van der Waals surface area contributed by atoms with Gasteiger partial charge in [0.15, 0.2) is 10.3 Å². The average Bonchev–Trinajstić information content (AvgIpc) is 2.82. The van der Waals surface area contributed by atoms with E-state index in [1.54, 1.807) is 0 Å². The third-order valence-electron chi connectivity index (χ3n) is 2.36. The van der Waals surface area contributed by atoms with Crippen molar-refractivity contribution in [2.45, 2.75) is 18.9 Å². The molecule has 1 aromatic heterocycles. The van der Waals surface area contributed by atoms with Gasteiger partial charge in [0, 0.05) is 6.61 Å². The van der Waals surface area contributed by atoms with Gasteiger partial charge in [0.2, 0.25) is 0 Å². The molecule has 7 heteroatoms. The molecular formula is C10H10Cl2N2O3. The van der Waals surface area contributed by atoms with E-state index in [2.05, 4.69) is 10.2 Å². The third kappa shape index (κ3) is 3.28. The van der Waals surface area contributed by atoms with E-state index in [0.29, 0.717) is 6.61 Å². The zero-order chi connectivity index (χ0) is 12.3. The molecule has 0 aromatic carbocycles. The van der Waals surface area contributed by atoms with Crippen LogP contribution in [0.2, 0.25) is 10.3 Å². The van der Waals surface area contributed by atoms with Gasteiger partial charge in [0.05, 0.1) is 6.10 Å². The number of hydrogen-bond donors (Lipinski definition) is 0. The molecule has 0 N–H and O–H groups in total. The number of hydrogen-bond acceptors (Lipinski definition) is 5. The van der Waals surface area contributed by atoms with Crippen LogP contribution in [0.3, 0.4) is 0 Å². The number of carbonyl (C=O) groups excluding carboxylic acids is 1. The molecule has 92 valence electrons. The van der Waals surface area contributed by atoms with Gasteiger partial charge in [-0.05, 0) is 18.9 Å². The van der Waals surface area contributed by atoms with E-state index < -0.39 is 5.97 Å². The molecular weight excluding hydrogens is 267 g/mol. The first-order valence-corrected chi connectivity index (χ1v) is 5.90. The van der Waals surface area contributed by atoms with Gasteiger partial charge in [0.1, 0.15) is 12.2 Å². The molecule has 0 radical (unpaired) electrons. The SMILES string of the molecule is O=C(OCC1CCCO1)c1cc(Cl)nnc1Cl. The van der Waals surface area contributed by atoms with Gasteiger partial charge in [-0.3, -0.25) is 0 Å². The quantitative estimate of drug-likeness (QED) is 0.792. The molecule has 0 spiro atoms. The minimum Gasteiger partial charge on any atom is -0.459 e. The van der Waals surface area contributed by atoms with E-state index in [9.17, 15) is 4.79 Å². The summed E-state index contributed by atoms with van der Waals surface area (Å²) in [6.45, 7) is 0.931. The molecule has 1 aromatic rings. The molecule has 1 saturated heterocycles. The Morgan fingerprint density at radius 3 is 3.06 bits per heavy atom. The molecule has 0 bridgehead atoms. The lowest BCUT2D eigenvalue weighted by molar-refractivity contribution is 0.0161. The van der Waals surface area contributed by atoms with Crippen LogP contribution in [-0.4, -0.2) is 35.5 Å². The van der Waals surface area contributed by atoms with Crippen molar-refractivity contribution in [3.8, 4) is 0 Å². The number of nitrogens with zero attached hydrogens (tertiary/aromatic N) is 2. The minimum atomic E-state index is -0.567. The standard InChI is InChI=1S/C10H10Cl2N2O3/c11-8-4-7(9(12)14-13-8)10(15)17-5-6-2-1-3-16-6/h4,6H,1-3,5H2. The highest BCUT2D eigenvalue weighted by molar-refractivity contribution is 6.33. The number of ether oxygens (including phenoxy) is 2. The van der Waals surface area contributed by atoms with Gasteiger partial charge in [-0.2, -0.15) is 0 Å². The van der Waals surface area contributed by atoms with E-state index in [1.807, 2.05) is 0 Å². The highest BCUT2D eigenvalue weighted by Crippen LogP contribution is 2.18. The van der Waals surface area contributed by atoms with Crippen LogP contribution in [0.4, 0.5) is 0 Å². The number of aromatic nitrogens is 2. The second kappa shape index (κ2) is 5.62. The summed E-state index contributed by atoms with van der Waals surface area (Å²) in [5.41, 5.74) is 0.115. The summed E-state index contributed by atoms with van der Waals surface area (Å²) in [5, 5.41) is 7.12. The minimum absolute atomic E-state index is 0.0215. The first-order valence-electron chi connectivity index (χ1n) is 5.14. The van der Waals surface area contributed by atoms with Crippen molar-refractivity contribution in [1.82, 2.24) is 10.2 Å². The predicted molar refractivity (Wildman–Crippen MR) is 61.3 cm³/mol. The van der Waals surface area contributed by atoms with E-state index >= 15 is 0 Å². The molecule has 2 rings (SSSR count). The summed E-state index contributed by atoms with van der Waals surface area (Å²) >= 11 is 11.3. The van der Waals surface area contributed by atoms with Gasteiger partial charge in [-0.15, -0.1) is 10.2 Å². The van der Waals surface area contributed by atoms with Crippen molar-refractivity contribution in [3.05, 3.63) is 21.9 Å². The molecule has 1 aliphatic heterocycles. The molecule has 0 aliphatic carbocycles. The normalized spacial score (nSPS) is 19.3. The number of carbonyl (C=O) groups is 1. The lowest BCUT2D eigenvalue weighted by Gasteiger charge is -2.10.